The van der Waals surface area contributed by atoms with E-state index in [9.17, 15) is 13.2 Å². The van der Waals surface area contributed by atoms with Crippen molar-refractivity contribution in [1.82, 2.24) is 9.55 Å². The lowest BCUT2D eigenvalue weighted by molar-refractivity contribution is -0.137. The Morgan fingerprint density at radius 3 is 2.52 bits per heavy atom. The summed E-state index contributed by atoms with van der Waals surface area (Å²) < 4.78 is 41.2. The van der Waals surface area contributed by atoms with Gasteiger partial charge < -0.3 is 9.47 Å². The molecule has 1 saturated heterocycles. The molecule has 0 saturated carbocycles. The van der Waals surface area contributed by atoms with Crippen LogP contribution in [0.3, 0.4) is 0 Å². The van der Waals surface area contributed by atoms with Crippen molar-refractivity contribution in [1.29, 1.82) is 5.26 Å². The van der Waals surface area contributed by atoms with Gasteiger partial charge in [-0.25, -0.2) is 4.98 Å². The summed E-state index contributed by atoms with van der Waals surface area (Å²) in [4.78, 5) is 5.96. The molecule has 1 fully saturated rings. The molecule has 1 aliphatic rings. The molecule has 3 rings (SSSR count). The van der Waals surface area contributed by atoms with Crippen LogP contribution in [0.2, 0.25) is 0 Å². The van der Waals surface area contributed by atoms with Gasteiger partial charge in [-0.05, 0) is 31.0 Å². The van der Waals surface area contributed by atoms with Crippen molar-refractivity contribution in [2.45, 2.75) is 25.1 Å². The van der Waals surface area contributed by atoms with Crippen molar-refractivity contribution in [2.75, 3.05) is 18.0 Å². The average Bonchev–Trinajstić information content (AvgIpc) is 3.08. The fourth-order valence-electron chi connectivity index (χ4n) is 2.97. The van der Waals surface area contributed by atoms with Gasteiger partial charge in [0.25, 0.3) is 0 Å². The van der Waals surface area contributed by atoms with Crippen molar-refractivity contribution in [3.8, 4) is 6.07 Å². The Labute approximate surface area is 131 Å². The van der Waals surface area contributed by atoms with Gasteiger partial charge >= 0.3 is 6.18 Å². The third-order valence-electron chi connectivity index (χ3n) is 4.21. The molecule has 0 aliphatic carbocycles. The van der Waals surface area contributed by atoms with Crippen LogP contribution in [0, 0.1) is 11.3 Å². The molecule has 1 aromatic carbocycles. The topological polar surface area (TPSA) is 44.9 Å². The van der Waals surface area contributed by atoms with E-state index >= 15 is 0 Å². The largest absolute Gasteiger partial charge is 0.417 e. The Bertz CT molecular complexity index is 708. The molecule has 4 nitrogen and oxygen atoms in total. The number of benzene rings is 1. The first-order valence-corrected chi connectivity index (χ1v) is 7.33. The number of hydrogen-bond acceptors (Lipinski definition) is 3. The molecule has 120 valence electrons. The number of rotatable bonds is 2. The molecule has 7 heteroatoms. The van der Waals surface area contributed by atoms with E-state index < -0.39 is 11.7 Å². The Morgan fingerprint density at radius 2 is 1.96 bits per heavy atom. The maximum Gasteiger partial charge on any atom is 0.417 e. The van der Waals surface area contributed by atoms with Crippen LogP contribution in [0.1, 0.15) is 30.0 Å². The Hall–Kier alpha value is -2.49. The van der Waals surface area contributed by atoms with E-state index in [0.29, 0.717) is 24.8 Å². The van der Waals surface area contributed by atoms with Gasteiger partial charge in [0.05, 0.1) is 23.5 Å². The SMILES string of the molecule is N#Cc1ccc(N2CCC(n3ccnc3)CC2)cc1C(F)(F)F. The predicted molar refractivity (Wildman–Crippen MR) is 78.9 cm³/mol. The smallest absolute Gasteiger partial charge is 0.371 e. The summed E-state index contributed by atoms with van der Waals surface area (Å²) in [5.41, 5.74) is -0.691. The molecule has 2 heterocycles. The maximum absolute atomic E-state index is 13.1. The second-order valence-corrected chi connectivity index (χ2v) is 5.57. The number of halogens is 3. The fourth-order valence-corrected chi connectivity index (χ4v) is 2.97. The Morgan fingerprint density at radius 1 is 1.22 bits per heavy atom. The number of aromatic nitrogens is 2. The van der Waals surface area contributed by atoms with Gasteiger partial charge in [0.2, 0.25) is 0 Å². The highest BCUT2D eigenvalue weighted by Crippen LogP contribution is 2.35. The first-order chi connectivity index (χ1) is 11.0. The lowest BCUT2D eigenvalue weighted by Gasteiger charge is -2.34. The number of nitriles is 1. The van der Waals surface area contributed by atoms with E-state index in [2.05, 4.69) is 4.98 Å². The highest BCUT2D eigenvalue weighted by Gasteiger charge is 2.34. The van der Waals surface area contributed by atoms with E-state index in [1.807, 2.05) is 15.7 Å². The van der Waals surface area contributed by atoms with Crippen LogP contribution < -0.4 is 4.90 Å². The van der Waals surface area contributed by atoms with E-state index in [-0.39, 0.29) is 5.56 Å². The van der Waals surface area contributed by atoms with Crippen LogP contribution in [0.5, 0.6) is 0 Å². The van der Waals surface area contributed by atoms with Gasteiger partial charge in [-0.15, -0.1) is 0 Å². The third kappa shape index (κ3) is 3.16. The number of alkyl halides is 3. The minimum atomic E-state index is -4.52. The Kier molecular flexibility index (Phi) is 3.99. The summed E-state index contributed by atoms with van der Waals surface area (Å²) >= 11 is 0. The molecule has 1 aliphatic heterocycles. The molecule has 2 aromatic rings. The molecule has 1 aromatic heterocycles. The number of hydrogen-bond donors (Lipinski definition) is 0. The van der Waals surface area contributed by atoms with Crippen LogP contribution in [0.4, 0.5) is 18.9 Å². The quantitative estimate of drug-likeness (QED) is 0.849. The van der Waals surface area contributed by atoms with Crippen molar-refractivity contribution >= 4 is 5.69 Å². The molecule has 23 heavy (non-hydrogen) atoms. The summed E-state index contributed by atoms with van der Waals surface area (Å²) in [5.74, 6) is 0. The van der Waals surface area contributed by atoms with Crippen molar-refractivity contribution in [3.63, 3.8) is 0 Å². The van der Waals surface area contributed by atoms with Crippen molar-refractivity contribution in [2.24, 2.45) is 0 Å². The third-order valence-corrected chi connectivity index (χ3v) is 4.21. The van der Waals surface area contributed by atoms with E-state index in [0.717, 1.165) is 18.9 Å². The first kappa shape index (κ1) is 15.4. The van der Waals surface area contributed by atoms with Crippen molar-refractivity contribution in [3.05, 3.63) is 48.0 Å². The zero-order valence-electron chi connectivity index (χ0n) is 12.3. The maximum atomic E-state index is 13.1. The monoisotopic (exact) mass is 320 g/mol. The van der Waals surface area contributed by atoms with Crippen LogP contribution >= 0.6 is 0 Å². The van der Waals surface area contributed by atoms with Gasteiger partial charge in [-0.2, -0.15) is 18.4 Å². The molecule has 0 bridgehead atoms. The zero-order chi connectivity index (χ0) is 16.4. The highest BCUT2D eigenvalue weighted by atomic mass is 19.4. The molecular formula is C16H15F3N4. The minimum Gasteiger partial charge on any atom is -0.371 e. The van der Waals surface area contributed by atoms with E-state index in [4.69, 9.17) is 5.26 Å². The van der Waals surface area contributed by atoms with Crippen LogP contribution in [0.25, 0.3) is 0 Å². The lowest BCUT2D eigenvalue weighted by Crippen LogP contribution is -2.34. The van der Waals surface area contributed by atoms with Gasteiger partial charge in [0.15, 0.2) is 0 Å². The number of nitrogens with zero attached hydrogens (tertiary/aromatic N) is 4. The second kappa shape index (κ2) is 5.95. The van der Waals surface area contributed by atoms with Crippen LogP contribution in [-0.4, -0.2) is 22.6 Å². The molecule has 0 radical (unpaired) electrons. The summed E-state index contributed by atoms with van der Waals surface area (Å²) in [6, 6.07) is 5.86. The summed E-state index contributed by atoms with van der Waals surface area (Å²) in [5, 5.41) is 8.85. The van der Waals surface area contributed by atoms with Crippen LogP contribution in [0.15, 0.2) is 36.9 Å². The zero-order valence-corrected chi connectivity index (χ0v) is 12.3. The number of piperidine rings is 1. The summed E-state index contributed by atoms with van der Waals surface area (Å²) in [7, 11) is 0. The highest BCUT2D eigenvalue weighted by molar-refractivity contribution is 5.55. The molecular weight excluding hydrogens is 305 g/mol. The predicted octanol–water partition coefficient (Wildman–Crippen LogP) is 3.62. The lowest BCUT2D eigenvalue weighted by atomic mass is 10.0. The molecule has 0 spiro atoms. The normalized spacial score (nSPS) is 16.3. The van der Waals surface area contributed by atoms with Crippen molar-refractivity contribution < 1.29 is 13.2 Å². The summed E-state index contributed by atoms with van der Waals surface area (Å²) in [6.07, 6.45) is 2.57. The van der Waals surface area contributed by atoms with E-state index in [1.54, 1.807) is 24.7 Å². The number of anilines is 1. The van der Waals surface area contributed by atoms with E-state index in [1.165, 1.54) is 6.07 Å². The minimum absolute atomic E-state index is 0.328. The van der Waals surface area contributed by atoms with Gasteiger partial charge in [-0.3, -0.25) is 0 Å². The first-order valence-electron chi connectivity index (χ1n) is 7.33. The average molecular weight is 320 g/mol. The fraction of sp³-hybridized carbons (Fsp3) is 0.375. The molecule has 0 amide bonds. The van der Waals surface area contributed by atoms with Gasteiger partial charge in [0.1, 0.15) is 0 Å². The molecule has 0 atom stereocenters. The van der Waals surface area contributed by atoms with Gasteiger partial charge in [0, 0.05) is 37.2 Å². The molecule has 0 unspecified atom stereocenters. The van der Waals surface area contributed by atoms with Crippen LogP contribution in [-0.2, 0) is 6.18 Å². The van der Waals surface area contributed by atoms with Gasteiger partial charge in [-0.1, -0.05) is 0 Å². The molecule has 0 N–H and O–H groups in total. The number of imidazole rings is 1. The standard InChI is InChI=1S/C16H15F3N4/c17-16(18,19)15-9-14(2-1-12(15)10-20)22-6-3-13(4-7-22)23-8-5-21-11-23/h1-2,5,8-9,11,13H,3-4,6-7H2. The Balaban J connectivity index is 1.77. The second-order valence-electron chi connectivity index (χ2n) is 5.57. The summed E-state index contributed by atoms with van der Waals surface area (Å²) in [6.45, 7) is 1.35.